The molecule has 11 heteroatoms. The third-order valence-electron chi connectivity index (χ3n) is 4.78. The van der Waals surface area contributed by atoms with E-state index in [2.05, 4.69) is 25.3 Å². The van der Waals surface area contributed by atoms with E-state index in [0.717, 1.165) is 25.9 Å². The Morgan fingerprint density at radius 3 is 2.61 bits per heavy atom. The Morgan fingerprint density at radius 1 is 1.10 bits per heavy atom. The summed E-state index contributed by atoms with van der Waals surface area (Å²) < 4.78 is 51.0. The molecule has 31 heavy (non-hydrogen) atoms. The van der Waals surface area contributed by atoms with Crippen LogP contribution in [0.2, 0.25) is 10.0 Å². The van der Waals surface area contributed by atoms with E-state index in [0.29, 0.717) is 10.9 Å². The molecule has 4 rings (SSSR count). The number of anilines is 2. The standard InChI is InChI=1S/C20H17Cl2F3N4O2/c21-12-1-2-13(18(23)17(12)22)29-19-11-7-15(30-10-3-5-26-6-4-10)16(31-20(24)25)8-14(11)27-9-28-19/h1-2,7-10,20,26H,3-6H2,(H,27,28,29). The van der Waals surface area contributed by atoms with Crippen molar-refractivity contribution >= 4 is 45.6 Å². The van der Waals surface area contributed by atoms with Crippen LogP contribution in [0.5, 0.6) is 11.5 Å². The zero-order valence-corrected chi connectivity index (χ0v) is 17.5. The van der Waals surface area contributed by atoms with Crippen LogP contribution in [0.25, 0.3) is 10.9 Å². The van der Waals surface area contributed by atoms with Gasteiger partial charge in [-0.3, -0.25) is 0 Å². The van der Waals surface area contributed by atoms with Crippen LogP contribution in [0, 0.1) is 5.82 Å². The van der Waals surface area contributed by atoms with E-state index in [9.17, 15) is 13.2 Å². The highest BCUT2D eigenvalue weighted by Crippen LogP contribution is 2.38. The third kappa shape index (κ3) is 4.89. The van der Waals surface area contributed by atoms with Gasteiger partial charge in [-0.1, -0.05) is 23.2 Å². The lowest BCUT2D eigenvalue weighted by Crippen LogP contribution is -2.34. The maximum absolute atomic E-state index is 14.5. The molecule has 164 valence electrons. The lowest BCUT2D eigenvalue weighted by atomic mass is 10.1. The van der Waals surface area contributed by atoms with Crippen molar-refractivity contribution in [3.05, 3.63) is 46.5 Å². The molecular formula is C20H17Cl2F3N4O2. The Kier molecular flexibility index (Phi) is 6.54. The van der Waals surface area contributed by atoms with Gasteiger partial charge in [0.05, 0.1) is 21.2 Å². The predicted molar refractivity (Wildman–Crippen MR) is 112 cm³/mol. The molecule has 2 N–H and O–H groups in total. The zero-order chi connectivity index (χ0) is 22.0. The molecule has 1 aliphatic rings. The molecule has 0 atom stereocenters. The summed E-state index contributed by atoms with van der Waals surface area (Å²) in [4.78, 5) is 8.27. The molecule has 2 aromatic carbocycles. The minimum absolute atomic E-state index is 0.0446. The molecule has 1 aliphatic heterocycles. The van der Waals surface area contributed by atoms with Crippen molar-refractivity contribution in [3.8, 4) is 11.5 Å². The Bertz CT molecular complexity index is 1100. The van der Waals surface area contributed by atoms with Gasteiger partial charge in [0.1, 0.15) is 18.2 Å². The molecule has 0 aliphatic carbocycles. The number of piperidine rings is 1. The number of nitrogens with one attached hydrogen (secondary N) is 2. The summed E-state index contributed by atoms with van der Waals surface area (Å²) in [5, 5.41) is 6.33. The first-order valence-corrected chi connectivity index (χ1v) is 10.2. The molecule has 6 nitrogen and oxygen atoms in total. The first-order valence-electron chi connectivity index (χ1n) is 9.44. The number of alkyl halides is 2. The summed E-state index contributed by atoms with van der Waals surface area (Å²) in [6.07, 6.45) is 2.50. The number of nitrogens with zero attached hydrogens (tertiary/aromatic N) is 2. The smallest absolute Gasteiger partial charge is 0.387 e. The molecular weight excluding hydrogens is 456 g/mol. The second-order valence-corrected chi connectivity index (χ2v) is 7.62. The largest absolute Gasteiger partial charge is 0.486 e. The molecule has 0 radical (unpaired) electrons. The van der Waals surface area contributed by atoms with E-state index in [4.69, 9.17) is 27.9 Å². The number of fused-ring (bicyclic) bond motifs is 1. The van der Waals surface area contributed by atoms with E-state index in [1.807, 2.05) is 0 Å². The molecule has 0 amide bonds. The van der Waals surface area contributed by atoms with Gasteiger partial charge in [0.2, 0.25) is 0 Å². The fraction of sp³-hybridized carbons (Fsp3) is 0.300. The second kappa shape index (κ2) is 9.33. The SMILES string of the molecule is Fc1c(Nc2ncnc3cc(OC(F)F)c(OC4CCNCC4)cc23)ccc(Cl)c1Cl. The molecule has 0 saturated carbocycles. The minimum atomic E-state index is -3.03. The molecule has 1 fully saturated rings. The summed E-state index contributed by atoms with van der Waals surface area (Å²) >= 11 is 11.7. The highest BCUT2D eigenvalue weighted by Gasteiger charge is 2.21. The number of hydrogen-bond donors (Lipinski definition) is 2. The van der Waals surface area contributed by atoms with Gasteiger partial charge in [0, 0.05) is 11.5 Å². The number of ether oxygens (including phenoxy) is 2. The molecule has 1 saturated heterocycles. The van der Waals surface area contributed by atoms with Crippen LogP contribution in [0.3, 0.4) is 0 Å². The predicted octanol–water partition coefficient (Wildman–Crippen LogP) is 5.55. The van der Waals surface area contributed by atoms with Crippen LogP contribution in [0.1, 0.15) is 12.8 Å². The lowest BCUT2D eigenvalue weighted by molar-refractivity contribution is -0.0521. The summed E-state index contributed by atoms with van der Waals surface area (Å²) in [6.45, 7) is -1.51. The Labute approximate surface area is 185 Å². The highest BCUT2D eigenvalue weighted by molar-refractivity contribution is 6.42. The van der Waals surface area contributed by atoms with Crippen molar-refractivity contribution in [2.24, 2.45) is 0 Å². The number of aromatic nitrogens is 2. The first-order chi connectivity index (χ1) is 14.9. The quantitative estimate of drug-likeness (QED) is 0.458. The Morgan fingerprint density at radius 2 is 1.87 bits per heavy atom. The van der Waals surface area contributed by atoms with Crippen LogP contribution in [-0.2, 0) is 0 Å². The number of hydrogen-bond acceptors (Lipinski definition) is 6. The van der Waals surface area contributed by atoms with Crippen molar-refractivity contribution in [1.82, 2.24) is 15.3 Å². The first kappa shape index (κ1) is 21.7. The van der Waals surface area contributed by atoms with Gasteiger partial charge >= 0.3 is 6.61 Å². The lowest BCUT2D eigenvalue weighted by Gasteiger charge is -2.25. The van der Waals surface area contributed by atoms with Crippen LogP contribution in [0.4, 0.5) is 24.7 Å². The fourth-order valence-corrected chi connectivity index (χ4v) is 3.60. The van der Waals surface area contributed by atoms with Crippen molar-refractivity contribution in [1.29, 1.82) is 0 Å². The minimum Gasteiger partial charge on any atom is -0.486 e. The van der Waals surface area contributed by atoms with Crippen molar-refractivity contribution in [2.75, 3.05) is 18.4 Å². The summed E-state index contributed by atoms with van der Waals surface area (Å²) in [5.74, 6) is -0.510. The summed E-state index contributed by atoms with van der Waals surface area (Å²) in [7, 11) is 0. The van der Waals surface area contributed by atoms with E-state index in [-0.39, 0.29) is 39.2 Å². The summed E-state index contributed by atoms with van der Waals surface area (Å²) in [5.41, 5.74) is 0.356. The van der Waals surface area contributed by atoms with Crippen LogP contribution in [0.15, 0.2) is 30.6 Å². The average Bonchev–Trinajstić information content (AvgIpc) is 2.75. The van der Waals surface area contributed by atoms with Crippen LogP contribution >= 0.6 is 23.2 Å². The van der Waals surface area contributed by atoms with Gasteiger partial charge in [0.15, 0.2) is 17.3 Å². The fourth-order valence-electron chi connectivity index (χ4n) is 3.29. The van der Waals surface area contributed by atoms with Crippen molar-refractivity contribution in [2.45, 2.75) is 25.6 Å². The third-order valence-corrected chi connectivity index (χ3v) is 5.57. The normalized spacial score (nSPS) is 14.8. The van der Waals surface area contributed by atoms with E-state index < -0.39 is 12.4 Å². The molecule has 3 aromatic rings. The average molecular weight is 473 g/mol. The number of rotatable bonds is 6. The maximum atomic E-state index is 14.5. The van der Waals surface area contributed by atoms with Crippen LogP contribution in [-0.4, -0.2) is 35.8 Å². The van der Waals surface area contributed by atoms with E-state index in [1.165, 1.54) is 30.6 Å². The maximum Gasteiger partial charge on any atom is 0.387 e. The molecule has 2 heterocycles. The topological polar surface area (TPSA) is 68.3 Å². The number of halogens is 5. The number of benzene rings is 2. The van der Waals surface area contributed by atoms with Gasteiger partial charge in [-0.25, -0.2) is 14.4 Å². The Hall–Kier alpha value is -2.49. The van der Waals surface area contributed by atoms with Gasteiger partial charge in [-0.05, 0) is 44.1 Å². The van der Waals surface area contributed by atoms with Crippen LogP contribution < -0.4 is 20.1 Å². The molecule has 0 bridgehead atoms. The zero-order valence-electron chi connectivity index (χ0n) is 16.0. The molecule has 1 aromatic heterocycles. The van der Waals surface area contributed by atoms with Crippen molar-refractivity contribution in [3.63, 3.8) is 0 Å². The van der Waals surface area contributed by atoms with E-state index >= 15 is 0 Å². The van der Waals surface area contributed by atoms with Gasteiger partial charge in [-0.2, -0.15) is 8.78 Å². The highest BCUT2D eigenvalue weighted by atomic mass is 35.5. The molecule has 0 spiro atoms. The van der Waals surface area contributed by atoms with Crippen molar-refractivity contribution < 1.29 is 22.6 Å². The van der Waals surface area contributed by atoms with Gasteiger partial charge in [-0.15, -0.1) is 0 Å². The summed E-state index contributed by atoms with van der Waals surface area (Å²) in [6, 6.07) is 5.71. The second-order valence-electron chi connectivity index (χ2n) is 6.83. The monoisotopic (exact) mass is 472 g/mol. The van der Waals surface area contributed by atoms with Gasteiger partial charge < -0.3 is 20.1 Å². The molecule has 0 unspecified atom stereocenters. The van der Waals surface area contributed by atoms with Gasteiger partial charge in [0.25, 0.3) is 0 Å². The van der Waals surface area contributed by atoms with E-state index in [1.54, 1.807) is 0 Å². The Balaban J connectivity index is 1.74.